The van der Waals surface area contributed by atoms with Crippen molar-refractivity contribution < 1.29 is 18.7 Å². The lowest BCUT2D eigenvalue weighted by Gasteiger charge is -2.35. The molecule has 1 saturated heterocycles. The molecule has 1 aromatic carbocycles. The van der Waals surface area contributed by atoms with Gasteiger partial charge < -0.3 is 10.4 Å². The second kappa shape index (κ2) is 5.85. The number of carbonyl (C=O) groups is 1. The predicted octanol–water partition coefficient (Wildman–Crippen LogP) is 1.75. The Labute approximate surface area is 116 Å². The van der Waals surface area contributed by atoms with Gasteiger partial charge in [-0.3, -0.25) is 9.69 Å². The van der Waals surface area contributed by atoms with Crippen LogP contribution in [0, 0.1) is 11.6 Å². The first-order chi connectivity index (χ1) is 9.35. The molecule has 1 fully saturated rings. The van der Waals surface area contributed by atoms with Crippen molar-refractivity contribution in [2.75, 3.05) is 25.0 Å². The van der Waals surface area contributed by atoms with Gasteiger partial charge in [-0.1, -0.05) is 0 Å². The van der Waals surface area contributed by atoms with E-state index in [2.05, 4.69) is 5.32 Å². The average Bonchev–Trinajstić information content (AvgIpc) is 2.36. The molecule has 0 unspecified atom stereocenters. The summed E-state index contributed by atoms with van der Waals surface area (Å²) in [6, 6.07) is 3.24. The second-order valence-electron chi connectivity index (χ2n) is 5.45. The molecular weight excluding hydrogens is 266 g/mol. The van der Waals surface area contributed by atoms with Crippen LogP contribution in [0.4, 0.5) is 14.5 Å². The Kier molecular flexibility index (Phi) is 4.35. The second-order valence-corrected chi connectivity index (χ2v) is 5.45. The van der Waals surface area contributed by atoms with Crippen LogP contribution in [0.15, 0.2) is 18.2 Å². The summed E-state index contributed by atoms with van der Waals surface area (Å²) in [7, 11) is 0. The summed E-state index contributed by atoms with van der Waals surface area (Å²) in [5.74, 6) is -2.21. The third-order valence-electron chi connectivity index (χ3n) is 3.50. The number of benzene rings is 1. The third kappa shape index (κ3) is 3.98. The fourth-order valence-electron chi connectivity index (χ4n) is 2.17. The van der Waals surface area contributed by atoms with Crippen molar-refractivity contribution in [2.24, 2.45) is 0 Å². The molecule has 2 N–H and O–H groups in total. The van der Waals surface area contributed by atoms with Crippen molar-refractivity contribution >= 4 is 11.6 Å². The molecule has 0 radical (unpaired) electrons. The Morgan fingerprint density at radius 3 is 2.60 bits per heavy atom. The van der Waals surface area contributed by atoms with Crippen LogP contribution in [0.5, 0.6) is 0 Å². The topological polar surface area (TPSA) is 52.6 Å². The summed E-state index contributed by atoms with van der Waals surface area (Å²) in [6.07, 6.45) is 1.23. The van der Waals surface area contributed by atoms with Gasteiger partial charge in [0.25, 0.3) is 0 Å². The lowest BCUT2D eigenvalue weighted by Crippen LogP contribution is -2.45. The minimum Gasteiger partial charge on any atom is -0.390 e. The first kappa shape index (κ1) is 14.9. The summed E-state index contributed by atoms with van der Waals surface area (Å²) in [6.45, 7) is 3.23. The number of nitrogens with one attached hydrogen (secondary N) is 1. The maximum Gasteiger partial charge on any atom is 0.238 e. The van der Waals surface area contributed by atoms with Crippen LogP contribution in [0.1, 0.15) is 19.8 Å². The van der Waals surface area contributed by atoms with E-state index >= 15 is 0 Å². The van der Waals surface area contributed by atoms with Crippen LogP contribution in [0.25, 0.3) is 0 Å². The molecule has 0 aliphatic carbocycles. The molecule has 110 valence electrons. The van der Waals surface area contributed by atoms with Gasteiger partial charge in [0.15, 0.2) is 11.6 Å². The standard InChI is InChI=1S/C14H18F2N2O2/c1-14(20)4-6-18(7-5-14)9-13(19)17-10-2-3-11(15)12(16)8-10/h2-3,8,20H,4-7,9H2,1H3,(H,17,19). The summed E-state index contributed by atoms with van der Waals surface area (Å²) in [5, 5.41) is 12.3. The number of carbonyl (C=O) groups excluding carboxylic acids is 1. The average molecular weight is 284 g/mol. The zero-order chi connectivity index (χ0) is 14.8. The Balaban J connectivity index is 1.85. The zero-order valence-corrected chi connectivity index (χ0v) is 11.3. The number of nitrogens with zero attached hydrogens (tertiary/aromatic N) is 1. The zero-order valence-electron chi connectivity index (χ0n) is 11.3. The number of hydrogen-bond donors (Lipinski definition) is 2. The van der Waals surface area contributed by atoms with E-state index in [1.807, 2.05) is 4.90 Å². The monoisotopic (exact) mass is 284 g/mol. The summed E-state index contributed by atoms with van der Waals surface area (Å²) in [5.41, 5.74) is -0.425. The third-order valence-corrected chi connectivity index (χ3v) is 3.50. The van der Waals surface area contributed by atoms with Crippen LogP contribution in [-0.2, 0) is 4.79 Å². The number of anilines is 1. The summed E-state index contributed by atoms with van der Waals surface area (Å²) < 4.78 is 25.8. The van der Waals surface area contributed by atoms with Crippen molar-refractivity contribution in [1.29, 1.82) is 0 Å². The van der Waals surface area contributed by atoms with Crippen molar-refractivity contribution in [2.45, 2.75) is 25.4 Å². The molecule has 2 rings (SSSR count). The molecule has 1 heterocycles. The number of rotatable bonds is 3. The number of piperidine rings is 1. The molecule has 0 aromatic heterocycles. The fraction of sp³-hybridized carbons (Fsp3) is 0.500. The molecular formula is C14H18F2N2O2. The molecule has 6 heteroatoms. The number of likely N-dealkylation sites (tertiary alicyclic amines) is 1. The highest BCUT2D eigenvalue weighted by molar-refractivity contribution is 5.92. The summed E-state index contributed by atoms with van der Waals surface area (Å²) >= 11 is 0. The van der Waals surface area contributed by atoms with Gasteiger partial charge in [-0.15, -0.1) is 0 Å². The van der Waals surface area contributed by atoms with Crippen LogP contribution < -0.4 is 5.32 Å². The molecule has 1 aliphatic rings. The molecule has 1 aromatic rings. The van der Waals surface area contributed by atoms with Crippen molar-refractivity contribution in [1.82, 2.24) is 4.90 Å². The number of hydrogen-bond acceptors (Lipinski definition) is 3. The summed E-state index contributed by atoms with van der Waals surface area (Å²) in [4.78, 5) is 13.7. The van der Waals surface area contributed by atoms with E-state index < -0.39 is 17.2 Å². The number of halogens is 2. The van der Waals surface area contributed by atoms with Gasteiger partial charge in [-0.25, -0.2) is 8.78 Å². The molecule has 0 bridgehead atoms. The molecule has 1 aliphatic heterocycles. The van der Waals surface area contributed by atoms with E-state index in [4.69, 9.17) is 0 Å². The molecule has 0 atom stereocenters. The highest BCUT2D eigenvalue weighted by atomic mass is 19.2. The highest BCUT2D eigenvalue weighted by Gasteiger charge is 2.27. The van der Waals surface area contributed by atoms with Crippen LogP contribution >= 0.6 is 0 Å². The van der Waals surface area contributed by atoms with E-state index in [9.17, 15) is 18.7 Å². The number of aliphatic hydroxyl groups is 1. The Morgan fingerprint density at radius 1 is 1.35 bits per heavy atom. The largest absolute Gasteiger partial charge is 0.390 e. The van der Waals surface area contributed by atoms with Gasteiger partial charge in [-0.2, -0.15) is 0 Å². The van der Waals surface area contributed by atoms with Crippen molar-refractivity contribution in [3.63, 3.8) is 0 Å². The van der Waals surface area contributed by atoms with Crippen molar-refractivity contribution in [3.8, 4) is 0 Å². The smallest absolute Gasteiger partial charge is 0.238 e. The van der Waals surface area contributed by atoms with Gasteiger partial charge in [-0.05, 0) is 31.9 Å². The Morgan fingerprint density at radius 2 is 2.00 bits per heavy atom. The molecule has 0 saturated carbocycles. The van der Waals surface area contributed by atoms with Gasteiger partial charge in [0, 0.05) is 24.8 Å². The van der Waals surface area contributed by atoms with Crippen LogP contribution in [0.3, 0.4) is 0 Å². The number of amides is 1. The minimum atomic E-state index is -0.989. The van der Waals surface area contributed by atoms with Crippen LogP contribution in [-0.4, -0.2) is 41.1 Å². The van der Waals surface area contributed by atoms with E-state index in [-0.39, 0.29) is 18.1 Å². The van der Waals surface area contributed by atoms with E-state index in [1.54, 1.807) is 6.92 Å². The van der Waals surface area contributed by atoms with Gasteiger partial charge in [0.2, 0.25) is 5.91 Å². The molecule has 4 nitrogen and oxygen atoms in total. The highest BCUT2D eigenvalue weighted by Crippen LogP contribution is 2.21. The SMILES string of the molecule is CC1(O)CCN(CC(=O)Nc2ccc(F)c(F)c2)CC1. The van der Waals surface area contributed by atoms with Gasteiger partial charge in [0.05, 0.1) is 12.1 Å². The molecule has 1 amide bonds. The normalized spacial score (nSPS) is 18.8. The first-order valence-corrected chi connectivity index (χ1v) is 6.55. The first-order valence-electron chi connectivity index (χ1n) is 6.55. The van der Waals surface area contributed by atoms with E-state index in [1.165, 1.54) is 6.07 Å². The molecule has 20 heavy (non-hydrogen) atoms. The fourth-order valence-corrected chi connectivity index (χ4v) is 2.17. The van der Waals surface area contributed by atoms with Gasteiger partial charge in [0.1, 0.15) is 0 Å². The lowest BCUT2D eigenvalue weighted by molar-refractivity contribution is -0.118. The molecule has 0 spiro atoms. The van der Waals surface area contributed by atoms with Crippen molar-refractivity contribution in [3.05, 3.63) is 29.8 Å². The maximum atomic E-state index is 13.0. The lowest BCUT2D eigenvalue weighted by atomic mass is 9.94. The van der Waals surface area contributed by atoms with Crippen LogP contribution in [0.2, 0.25) is 0 Å². The van der Waals surface area contributed by atoms with E-state index in [0.29, 0.717) is 25.9 Å². The van der Waals surface area contributed by atoms with Gasteiger partial charge >= 0.3 is 0 Å². The van der Waals surface area contributed by atoms with E-state index in [0.717, 1.165) is 12.1 Å². The quantitative estimate of drug-likeness (QED) is 0.889. The Hall–Kier alpha value is -1.53. The minimum absolute atomic E-state index is 0.176. The maximum absolute atomic E-state index is 13.0. The Bertz CT molecular complexity index is 496. The predicted molar refractivity (Wildman–Crippen MR) is 71.3 cm³/mol.